The second-order valence-corrected chi connectivity index (χ2v) is 4.25. The van der Waals surface area contributed by atoms with E-state index in [4.69, 9.17) is 5.73 Å². The molecule has 1 rings (SSSR count). The lowest BCUT2D eigenvalue weighted by Crippen LogP contribution is -2.32. The molecule has 0 heterocycles. The highest BCUT2D eigenvalue weighted by atomic mass is 16.1. The molecule has 1 aromatic rings. The fourth-order valence-corrected chi connectivity index (χ4v) is 1.70. The second-order valence-electron chi connectivity index (χ2n) is 4.25. The molecule has 0 aliphatic heterocycles. The Morgan fingerprint density at radius 3 is 2.94 bits per heavy atom. The summed E-state index contributed by atoms with van der Waals surface area (Å²) in [6, 6.07) is 7.48. The molecule has 0 saturated heterocycles. The van der Waals surface area contributed by atoms with Gasteiger partial charge in [-0.1, -0.05) is 31.3 Å². The molecule has 0 saturated carbocycles. The van der Waals surface area contributed by atoms with Gasteiger partial charge in [0.2, 0.25) is 0 Å². The molecule has 0 radical (unpaired) electrons. The molecule has 18 heavy (non-hydrogen) atoms. The standard InChI is InChI=1S/C15H20N2O/c1-3-6-12(2)17-15(18)14-9-4-7-13(11-14)8-5-10-16/h4,7,9,11-12H,3,6,10,16H2,1-2H3,(H,17,18). The maximum Gasteiger partial charge on any atom is 0.251 e. The number of carbonyl (C=O) groups is 1. The number of nitrogens with one attached hydrogen (secondary N) is 1. The van der Waals surface area contributed by atoms with E-state index < -0.39 is 0 Å². The molecule has 96 valence electrons. The molecule has 3 heteroatoms. The van der Waals surface area contributed by atoms with Gasteiger partial charge in [0.25, 0.3) is 5.91 Å². The van der Waals surface area contributed by atoms with Gasteiger partial charge in [-0.05, 0) is 31.5 Å². The predicted octanol–water partition coefficient (Wildman–Crippen LogP) is 1.92. The quantitative estimate of drug-likeness (QED) is 0.795. The van der Waals surface area contributed by atoms with Crippen molar-refractivity contribution in [2.75, 3.05) is 6.54 Å². The zero-order valence-electron chi connectivity index (χ0n) is 11.0. The fourth-order valence-electron chi connectivity index (χ4n) is 1.70. The number of carbonyl (C=O) groups excluding carboxylic acids is 1. The highest BCUT2D eigenvalue weighted by Crippen LogP contribution is 2.05. The van der Waals surface area contributed by atoms with E-state index in [-0.39, 0.29) is 11.9 Å². The second kappa shape index (κ2) is 7.52. The Morgan fingerprint density at radius 2 is 2.28 bits per heavy atom. The molecule has 0 aliphatic carbocycles. The molecule has 3 N–H and O–H groups in total. The van der Waals surface area contributed by atoms with Crippen LogP contribution in [0.2, 0.25) is 0 Å². The summed E-state index contributed by atoms with van der Waals surface area (Å²) >= 11 is 0. The lowest BCUT2D eigenvalue weighted by molar-refractivity contribution is 0.0938. The largest absolute Gasteiger partial charge is 0.350 e. The van der Waals surface area contributed by atoms with Crippen LogP contribution in [-0.4, -0.2) is 18.5 Å². The van der Waals surface area contributed by atoms with Crippen molar-refractivity contribution in [2.24, 2.45) is 5.73 Å². The summed E-state index contributed by atoms with van der Waals surface area (Å²) in [5.41, 5.74) is 6.78. The zero-order chi connectivity index (χ0) is 13.4. The molecular weight excluding hydrogens is 224 g/mol. The average molecular weight is 244 g/mol. The third kappa shape index (κ3) is 4.60. The Labute approximate surface area is 109 Å². The zero-order valence-corrected chi connectivity index (χ0v) is 11.0. The van der Waals surface area contributed by atoms with Gasteiger partial charge < -0.3 is 11.1 Å². The Hall–Kier alpha value is -1.79. The summed E-state index contributed by atoms with van der Waals surface area (Å²) in [7, 11) is 0. The van der Waals surface area contributed by atoms with E-state index >= 15 is 0 Å². The van der Waals surface area contributed by atoms with E-state index in [1.807, 2.05) is 19.1 Å². The van der Waals surface area contributed by atoms with Crippen LogP contribution in [0, 0.1) is 11.8 Å². The third-order valence-corrected chi connectivity index (χ3v) is 2.56. The summed E-state index contributed by atoms with van der Waals surface area (Å²) in [6.07, 6.45) is 2.04. The first kappa shape index (κ1) is 14.3. The van der Waals surface area contributed by atoms with Gasteiger partial charge in [-0.2, -0.15) is 0 Å². The molecule has 0 aliphatic rings. The van der Waals surface area contributed by atoms with Crippen LogP contribution in [0.3, 0.4) is 0 Å². The molecule has 0 fully saturated rings. The first-order valence-corrected chi connectivity index (χ1v) is 6.27. The molecule has 1 aromatic carbocycles. The van der Waals surface area contributed by atoms with Gasteiger partial charge >= 0.3 is 0 Å². The summed E-state index contributed by atoms with van der Waals surface area (Å²) in [5.74, 6) is 5.65. The summed E-state index contributed by atoms with van der Waals surface area (Å²) < 4.78 is 0. The first-order chi connectivity index (χ1) is 8.67. The Balaban J connectivity index is 2.74. The maximum absolute atomic E-state index is 12.0. The van der Waals surface area contributed by atoms with E-state index in [0.717, 1.165) is 18.4 Å². The van der Waals surface area contributed by atoms with E-state index in [0.29, 0.717) is 12.1 Å². The molecule has 1 amide bonds. The predicted molar refractivity (Wildman–Crippen MR) is 74.2 cm³/mol. The van der Waals surface area contributed by atoms with Crippen molar-refractivity contribution in [1.29, 1.82) is 0 Å². The van der Waals surface area contributed by atoms with Crippen LogP contribution in [0.15, 0.2) is 24.3 Å². The lowest BCUT2D eigenvalue weighted by atomic mass is 10.1. The van der Waals surface area contributed by atoms with Gasteiger partial charge in [0.1, 0.15) is 0 Å². The number of hydrogen-bond acceptors (Lipinski definition) is 2. The number of rotatable bonds is 4. The van der Waals surface area contributed by atoms with Gasteiger partial charge in [0.05, 0.1) is 6.54 Å². The van der Waals surface area contributed by atoms with Crippen molar-refractivity contribution < 1.29 is 4.79 Å². The Kier molecular flexibility index (Phi) is 5.96. The number of benzene rings is 1. The highest BCUT2D eigenvalue weighted by molar-refractivity contribution is 5.94. The molecule has 3 nitrogen and oxygen atoms in total. The van der Waals surface area contributed by atoms with Crippen LogP contribution in [0.25, 0.3) is 0 Å². The molecule has 0 aromatic heterocycles. The monoisotopic (exact) mass is 244 g/mol. The van der Waals surface area contributed by atoms with Crippen molar-refractivity contribution in [3.05, 3.63) is 35.4 Å². The van der Waals surface area contributed by atoms with Crippen LogP contribution >= 0.6 is 0 Å². The topological polar surface area (TPSA) is 55.1 Å². The Bertz CT molecular complexity index is 457. The molecular formula is C15H20N2O. The van der Waals surface area contributed by atoms with Crippen LogP contribution < -0.4 is 11.1 Å². The van der Waals surface area contributed by atoms with Gasteiger partial charge in [-0.15, -0.1) is 0 Å². The van der Waals surface area contributed by atoms with Crippen LogP contribution in [-0.2, 0) is 0 Å². The minimum atomic E-state index is -0.0488. The molecule has 0 bridgehead atoms. The van der Waals surface area contributed by atoms with E-state index in [9.17, 15) is 4.79 Å². The molecule has 0 spiro atoms. The average Bonchev–Trinajstić information content (AvgIpc) is 2.37. The van der Waals surface area contributed by atoms with Gasteiger partial charge in [0.15, 0.2) is 0 Å². The number of nitrogens with two attached hydrogens (primary N) is 1. The van der Waals surface area contributed by atoms with Crippen LogP contribution in [0.4, 0.5) is 0 Å². The smallest absolute Gasteiger partial charge is 0.251 e. The summed E-state index contributed by atoms with van der Waals surface area (Å²) in [4.78, 5) is 12.0. The van der Waals surface area contributed by atoms with Gasteiger partial charge in [0, 0.05) is 17.2 Å². The first-order valence-electron chi connectivity index (χ1n) is 6.27. The van der Waals surface area contributed by atoms with Crippen molar-refractivity contribution in [2.45, 2.75) is 32.7 Å². The lowest BCUT2D eigenvalue weighted by Gasteiger charge is -2.12. The summed E-state index contributed by atoms with van der Waals surface area (Å²) in [6.45, 7) is 4.44. The molecule has 1 unspecified atom stereocenters. The number of amides is 1. The van der Waals surface area contributed by atoms with Crippen molar-refractivity contribution in [1.82, 2.24) is 5.32 Å². The minimum Gasteiger partial charge on any atom is -0.350 e. The highest BCUT2D eigenvalue weighted by Gasteiger charge is 2.08. The van der Waals surface area contributed by atoms with Crippen LogP contribution in [0.5, 0.6) is 0 Å². The number of hydrogen-bond donors (Lipinski definition) is 2. The van der Waals surface area contributed by atoms with Crippen LogP contribution in [0.1, 0.15) is 42.6 Å². The van der Waals surface area contributed by atoms with Gasteiger partial charge in [-0.25, -0.2) is 0 Å². The van der Waals surface area contributed by atoms with Crippen molar-refractivity contribution in [3.63, 3.8) is 0 Å². The van der Waals surface area contributed by atoms with E-state index in [1.54, 1.807) is 12.1 Å². The minimum absolute atomic E-state index is 0.0488. The maximum atomic E-state index is 12.0. The Morgan fingerprint density at radius 1 is 1.50 bits per heavy atom. The SMILES string of the molecule is CCCC(C)NC(=O)c1cccc(C#CCN)c1. The molecule has 1 atom stereocenters. The fraction of sp³-hybridized carbons (Fsp3) is 0.400. The van der Waals surface area contributed by atoms with E-state index in [1.165, 1.54) is 0 Å². The van der Waals surface area contributed by atoms with Gasteiger partial charge in [-0.3, -0.25) is 4.79 Å². The van der Waals surface area contributed by atoms with Crippen molar-refractivity contribution in [3.8, 4) is 11.8 Å². The summed E-state index contributed by atoms with van der Waals surface area (Å²) in [5, 5.41) is 2.97. The van der Waals surface area contributed by atoms with Crippen molar-refractivity contribution >= 4 is 5.91 Å². The normalized spacial score (nSPS) is 11.3. The third-order valence-electron chi connectivity index (χ3n) is 2.56. The van der Waals surface area contributed by atoms with E-state index in [2.05, 4.69) is 24.1 Å².